The highest BCUT2D eigenvalue weighted by Crippen LogP contribution is 2.25. The normalized spacial score (nSPS) is 11.5. The second-order valence-corrected chi connectivity index (χ2v) is 6.07. The molecule has 8 nitrogen and oxygen atoms in total. The molecule has 0 atom stereocenters. The van der Waals surface area contributed by atoms with Crippen LogP contribution in [-0.2, 0) is 11.3 Å². The van der Waals surface area contributed by atoms with Crippen LogP contribution in [0.3, 0.4) is 0 Å². The summed E-state index contributed by atoms with van der Waals surface area (Å²) in [7, 11) is -1.97. The van der Waals surface area contributed by atoms with Crippen molar-refractivity contribution in [2.45, 2.75) is 12.7 Å². The predicted octanol–water partition coefficient (Wildman–Crippen LogP) is 0.331. The van der Waals surface area contributed by atoms with Crippen LogP contribution < -0.4 is 15.9 Å². The number of imidazole rings is 1. The van der Waals surface area contributed by atoms with Gasteiger partial charge in [0.15, 0.2) is 0 Å². The van der Waals surface area contributed by atoms with Gasteiger partial charge >= 0.3 is 19.3 Å². The van der Waals surface area contributed by atoms with Crippen LogP contribution in [0.1, 0.15) is 15.9 Å². The van der Waals surface area contributed by atoms with Gasteiger partial charge in [-0.3, -0.25) is 4.79 Å². The quantitative estimate of drug-likeness (QED) is 0.318. The maximum atomic E-state index is 12.6. The molecule has 0 aliphatic carbocycles. The lowest BCUT2D eigenvalue weighted by molar-refractivity contribution is -0.189. The summed E-state index contributed by atoms with van der Waals surface area (Å²) >= 11 is 0. The summed E-state index contributed by atoms with van der Waals surface area (Å²) in [6, 6.07) is 7.99. The van der Waals surface area contributed by atoms with Gasteiger partial charge in [0.2, 0.25) is 5.91 Å². The number of primary amides is 1. The number of benzene rings is 2. The van der Waals surface area contributed by atoms with E-state index < -0.39 is 30.9 Å². The number of ether oxygens (including phenoxy) is 1. The number of fused-ring (bicyclic) bond motifs is 1. The summed E-state index contributed by atoms with van der Waals surface area (Å²) in [5.74, 6) is -3.61. The van der Waals surface area contributed by atoms with Crippen molar-refractivity contribution in [1.29, 1.82) is 0 Å². The Morgan fingerprint density at radius 2 is 1.90 bits per heavy atom. The van der Waals surface area contributed by atoms with Gasteiger partial charge in [-0.25, -0.2) is 9.78 Å². The van der Waals surface area contributed by atoms with Crippen LogP contribution in [0.25, 0.3) is 11.0 Å². The molecular formula is C17H13BF3N3O5. The SMILES string of the molecule is NC(=O)c1ccc2ncn(Cc3ccc(B(O)O)cc3OC(=O)C(F)(F)F)c2c1. The average molecular weight is 407 g/mol. The van der Waals surface area contributed by atoms with E-state index in [0.717, 1.165) is 6.07 Å². The molecule has 0 aliphatic rings. The molecule has 1 heterocycles. The summed E-state index contributed by atoms with van der Waals surface area (Å²) in [6.07, 6.45) is -3.84. The van der Waals surface area contributed by atoms with Crippen molar-refractivity contribution in [3.63, 3.8) is 0 Å². The zero-order chi connectivity index (χ0) is 21.3. The first-order valence-electron chi connectivity index (χ1n) is 8.09. The number of rotatable bonds is 5. The summed E-state index contributed by atoms with van der Waals surface area (Å²) < 4.78 is 43.7. The van der Waals surface area contributed by atoms with E-state index in [0.29, 0.717) is 11.0 Å². The molecular weight excluding hydrogens is 394 g/mol. The number of nitrogens with two attached hydrogens (primary N) is 1. The van der Waals surface area contributed by atoms with Crippen LogP contribution in [0.5, 0.6) is 5.75 Å². The lowest BCUT2D eigenvalue weighted by Crippen LogP contribution is -2.32. The molecule has 1 amide bonds. The zero-order valence-corrected chi connectivity index (χ0v) is 14.6. The molecule has 2 aromatic carbocycles. The average Bonchev–Trinajstić information content (AvgIpc) is 3.04. The van der Waals surface area contributed by atoms with E-state index in [1.807, 2.05) is 0 Å². The molecule has 12 heteroatoms. The molecule has 3 rings (SSSR count). The fourth-order valence-corrected chi connectivity index (χ4v) is 2.63. The molecule has 0 bridgehead atoms. The molecule has 150 valence electrons. The number of aromatic nitrogens is 2. The van der Waals surface area contributed by atoms with Crippen molar-refractivity contribution < 1.29 is 37.5 Å². The number of amides is 1. The number of halogens is 3. The molecule has 0 radical (unpaired) electrons. The van der Waals surface area contributed by atoms with Gasteiger partial charge in [-0.05, 0) is 29.7 Å². The molecule has 1 aromatic heterocycles. The molecule has 0 unspecified atom stereocenters. The molecule has 0 spiro atoms. The number of carbonyl (C=O) groups excluding carboxylic acids is 2. The highest BCUT2D eigenvalue weighted by molar-refractivity contribution is 6.58. The largest absolute Gasteiger partial charge is 0.491 e. The second kappa shape index (κ2) is 7.56. The topological polar surface area (TPSA) is 128 Å². The third kappa shape index (κ3) is 4.38. The van der Waals surface area contributed by atoms with Crippen molar-refractivity contribution in [1.82, 2.24) is 9.55 Å². The number of nitrogens with zero attached hydrogens (tertiary/aromatic N) is 2. The van der Waals surface area contributed by atoms with E-state index in [1.165, 1.54) is 35.2 Å². The first-order valence-corrected chi connectivity index (χ1v) is 8.09. The maximum Gasteiger partial charge on any atom is 0.491 e. The van der Waals surface area contributed by atoms with Crippen LogP contribution in [0, 0.1) is 0 Å². The Morgan fingerprint density at radius 1 is 1.17 bits per heavy atom. The predicted molar refractivity (Wildman–Crippen MR) is 95.3 cm³/mol. The standard InChI is InChI=1S/C17H13BF3N3O5/c19-17(20,21)16(26)29-14-6-11(18(27)28)3-1-10(14)7-24-8-23-12-4-2-9(15(22)25)5-13(12)24/h1-6,8,27-28H,7H2,(H2,22,25). The number of esters is 1. The Bertz CT molecular complexity index is 1100. The third-order valence-electron chi connectivity index (χ3n) is 4.07. The van der Waals surface area contributed by atoms with E-state index in [-0.39, 0.29) is 23.1 Å². The molecule has 4 N–H and O–H groups in total. The summed E-state index contributed by atoms with van der Waals surface area (Å²) in [6.45, 7) is -0.0824. The number of hydrogen-bond acceptors (Lipinski definition) is 6. The van der Waals surface area contributed by atoms with Gasteiger partial charge in [-0.1, -0.05) is 12.1 Å². The van der Waals surface area contributed by atoms with E-state index in [4.69, 9.17) is 5.73 Å². The molecule has 29 heavy (non-hydrogen) atoms. The van der Waals surface area contributed by atoms with Crippen LogP contribution >= 0.6 is 0 Å². The van der Waals surface area contributed by atoms with E-state index in [9.17, 15) is 32.8 Å². The smallest absolute Gasteiger partial charge is 0.423 e. The minimum Gasteiger partial charge on any atom is -0.423 e. The molecule has 0 aliphatic heterocycles. The monoisotopic (exact) mass is 407 g/mol. The van der Waals surface area contributed by atoms with Gasteiger partial charge in [0.05, 0.1) is 23.9 Å². The third-order valence-corrected chi connectivity index (χ3v) is 4.07. The highest BCUT2D eigenvalue weighted by Gasteiger charge is 2.41. The summed E-state index contributed by atoms with van der Waals surface area (Å²) in [5, 5.41) is 18.5. The van der Waals surface area contributed by atoms with Gasteiger partial charge in [0.1, 0.15) is 5.75 Å². The maximum absolute atomic E-state index is 12.6. The minimum absolute atomic E-state index is 0.0824. The fourth-order valence-electron chi connectivity index (χ4n) is 2.63. The lowest BCUT2D eigenvalue weighted by atomic mass is 9.80. The second-order valence-electron chi connectivity index (χ2n) is 6.07. The van der Waals surface area contributed by atoms with Gasteiger partial charge in [0.25, 0.3) is 0 Å². The Morgan fingerprint density at radius 3 is 2.52 bits per heavy atom. The summed E-state index contributed by atoms with van der Waals surface area (Å²) in [4.78, 5) is 26.8. The summed E-state index contributed by atoms with van der Waals surface area (Å²) in [5.41, 5.74) is 6.42. The van der Waals surface area contributed by atoms with Crippen molar-refractivity contribution in [3.05, 3.63) is 53.9 Å². The van der Waals surface area contributed by atoms with Crippen molar-refractivity contribution in [2.24, 2.45) is 5.73 Å². The Kier molecular flexibility index (Phi) is 5.31. The van der Waals surface area contributed by atoms with E-state index in [2.05, 4.69) is 9.72 Å². The van der Waals surface area contributed by atoms with Gasteiger partial charge < -0.3 is 25.1 Å². The van der Waals surface area contributed by atoms with Crippen LogP contribution in [0.4, 0.5) is 13.2 Å². The first kappa shape index (κ1) is 20.4. The Hall–Kier alpha value is -3.38. The molecule has 0 saturated carbocycles. The molecule has 3 aromatic rings. The molecule has 0 fully saturated rings. The van der Waals surface area contributed by atoms with Crippen molar-refractivity contribution >= 4 is 35.5 Å². The number of hydrogen-bond donors (Lipinski definition) is 3. The zero-order valence-electron chi connectivity index (χ0n) is 14.6. The number of alkyl halides is 3. The van der Waals surface area contributed by atoms with Gasteiger partial charge in [0, 0.05) is 11.1 Å². The minimum atomic E-state index is -5.23. The van der Waals surface area contributed by atoms with Crippen LogP contribution in [0.2, 0.25) is 0 Å². The highest BCUT2D eigenvalue weighted by atomic mass is 19.4. The van der Waals surface area contributed by atoms with Crippen molar-refractivity contribution in [3.8, 4) is 5.75 Å². The fraction of sp³-hybridized carbons (Fsp3) is 0.118. The van der Waals surface area contributed by atoms with E-state index in [1.54, 1.807) is 6.07 Å². The number of carbonyl (C=O) groups is 2. The first-order chi connectivity index (χ1) is 13.6. The Labute approximate surface area is 161 Å². The van der Waals surface area contributed by atoms with E-state index >= 15 is 0 Å². The van der Waals surface area contributed by atoms with Gasteiger partial charge in [-0.15, -0.1) is 0 Å². The van der Waals surface area contributed by atoms with Crippen molar-refractivity contribution in [2.75, 3.05) is 0 Å². The Balaban J connectivity index is 2.02. The lowest BCUT2D eigenvalue weighted by Gasteiger charge is -2.14. The molecule has 0 saturated heterocycles. The van der Waals surface area contributed by atoms with Gasteiger partial charge in [-0.2, -0.15) is 13.2 Å². The van der Waals surface area contributed by atoms with Crippen LogP contribution in [-0.4, -0.2) is 44.8 Å². The van der Waals surface area contributed by atoms with Crippen LogP contribution in [0.15, 0.2) is 42.7 Å².